The van der Waals surface area contributed by atoms with Crippen molar-refractivity contribution in [3.8, 4) is 11.5 Å². The second-order valence-electron chi connectivity index (χ2n) is 7.12. The van der Waals surface area contributed by atoms with Gasteiger partial charge in [0.1, 0.15) is 6.54 Å². The summed E-state index contributed by atoms with van der Waals surface area (Å²) >= 11 is 0. The Kier molecular flexibility index (Phi) is 5.57. The molecule has 0 atom stereocenters. The van der Waals surface area contributed by atoms with Crippen molar-refractivity contribution in [2.45, 2.75) is 19.4 Å². The van der Waals surface area contributed by atoms with E-state index in [0.717, 1.165) is 0 Å². The number of fused-ring (bicyclic) bond motifs is 2. The van der Waals surface area contributed by atoms with Gasteiger partial charge in [-0.3, -0.25) is 19.0 Å². The molecule has 9 heteroatoms. The number of para-hydroxylation sites is 2. The van der Waals surface area contributed by atoms with Crippen LogP contribution in [-0.4, -0.2) is 42.1 Å². The number of anilines is 2. The molecule has 0 saturated heterocycles. The Hall–Kier alpha value is -3.88. The van der Waals surface area contributed by atoms with E-state index in [-0.39, 0.29) is 30.3 Å². The molecule has 0 spiro atoms. The van der Waals surface area contributed by atoms with Crippen LogP contribution in [0.1, 0.15) is 12.8 Å². The van der Waals surface area contributed by atoms with Crippen molar-refractivity contribution in [3.05, 3.63) is 53.1 Å². The molecule has 160 valence electrons. The Morgan fingerprint density at radius 1 is 1.13 bits per heavy atom. The lowest BCUT2D eigenvalue weighted by Gasteiger charge is -2.29. The highest BCUT2D eigenvalue weighted by atomic mass is 16.5. The SMILES string of the molecule is COc1cc2ncn(CCCC(=O)N3CC(=O)Nc4ccccc43)c(=O)c2cc1OC. The summed E-state index contributed by atoms with van der Waals surface area (Å²) < 4.78 is 12.0. The maximum Gasteiger partial charge on any atom is 0.261 e. The van der Waals surface area contributed by atoms with Gasteiger partial charge in [0.25, 0.3) is 5.56 Å². The average Bonchev–Trinajstić information content (AvgIpc) is 2.79. The predicted molar refractivity (Wildman–Crippen MR) is 116 cm³/mol. The fraction of sp³-hybridized carbons (Fsp3) is 0.273. The van der Waals surface area contributed by atoms with E-state index in [1.807, 2.05) is 6.07 Å². The van der Waals surface area contributed by atoms with Crippen molar-refractivity contribution in [1.29, 1.82) is 0 Å². The number of aromatic nitrogens is 2. The van der Waals surface area contributed by atoms with E-state index in [1.165, 1.54) is 30.0 Å². The summed E-state index contributed by atoms with van der Waals surface area (Å²) in [5, 5.41) is 3.17. The highest BCUT2D eigenvalue weighted by molar-refractivity contribution is 6.09. The van der Waals surface area contributed by atoms with Gasteiger partial charge in [0.15, 0.2) is 11.5 Å². The van der Waals surface area contributed by atoms with Crippen LogP contribution in [0.15, 0.2) is 47.5 Å². The molecule has 1 aliphatic heterocycles. The van der Waals surface area contributed by atoms with E-state index >= 15 is 0 Å². The van der Waals surface area contributed by atoms with Gasteiger partial charge in [-0.05, 0) is 24.6 Å². The lowest BCUT2D eigenvalue weighted by Crippen LogP contribution is -2.42. The average molecular weight is 422 g/mol. The van der Waals surface area contributed by atoms with Gasteiger partial charge in [-0.1, -0.05) is 12.1 Å². The summed E-state index contributed by atoms with van der Waals surface area (Å²) in [6.45, 7) is 0.304. The first kappa shape index (κ1) is 20.4. The van der Waals surface area contributed by atoms with Crippen LogP contribution in [-0.2, 0) is 16.1 Å². The maximum absolute atomic E-state index is 12.9. The topological polar surface area (TPSA) is 103 Å². The van der Waals surface area contributed by atoms with Gasteiger partial charge >= 0.3 is 0 Å². The molecular formula is C22H22N4O5. The van der Waals surface area contributed by atoms with Crippen molar-refractivity contribution in [1.82, 2.24) is 9.55 Å². The maximum atomic E-state index is 12.9. The third-order valence-corrected chi connectivity index (χ3v) is 5.19. The number of hydrogen-bond acceptors (Lipinski definition) is 6. The van der Waals surface area contributed by atoms with Gasteiger partial charge in [-0.15, -0.1) is 0 Å². The van der Waals surface area contributed by atoms with Gasteiger partial charge in [-0.2, -0.15) is 0 Å². The minimum atomic E-state index is -0.230. The van der Waals surface area contributed by atoms with Crippen LogP contribution in [0.4, 0.5) is 11.4 Å². The molecule has 2 heterocycles. The quantitative estimate of drug-likeness (QED) is 0.653. The Labute approximate surface area is 178 Å². The smallest absolute Gasteiger partial charge is 0.261 e. The molecule has 1 aliphatic rings. The molecule has 0 saturated carbocycles. The lowest BCUT2D eigenvalue weighted by molar-refractivity contribution is -0.122. The van der Waals surface area contributed by atoms with Gasteiger partial charge in [-0.25, -0.2) is 4.98 Å². The zero-order valence-corrected chi connectivity index (χ0v) is 17.3. The first-order chi connectivity index (χ1) is 15.0. The van der Waals surface area contributed by atoms with Crippen LogP contribution in [0.5, 0.6) is 11.5 Å². The van der Waals surface area contributed by atoms with E-state index in [0.29, 0.717) is 46.7 Å². The summed E-state index contributed by atoms with van der Waals surface area (Å²) in [6, 6.07) is 10.4. The Balaban J connectivity index is 1.49. The minimum Gasteiger partial charge on any atom is -0.493 e. The normalized spacial score (nSPS) is 13.0. The van der Waals surface area contributed by atoms with Gasteiger partial charge < -0.3 is 19.7 Å². The molecule has 3 aromatic rings. The number of rotatable bonds is 6. The number of nitrogens with one attached hydrogen (secondary N) is 1. The zero-order valence-electron chi connectivity index (χ0n) is 17.3. The largest absolute Gasteiger partial charge is 0.493 e. The monoisotopic (exact) mass is 422 g/mol. The molecule has 0 radical (unpaired) electrons. The first-order valence-electron chi connectivity index (χ1n) is 9.82. The molecule has 0 aliphatic carbocycles. The number of amides is 2. The summed E-state index contributed by atoms with van der Waals surface area (Å²) in [4.78, 5) is 43.4. The van der Waals surface area contributed by atoms with E-state index in [1.54, 1.807) is 30.3 Å². The van der Waals surface area contributed by atoms with Gasteiger partial charge in [0.05, 0.1) is 42.8 Å². The van der Waals surface area contributed by atoms with Crippen LogP contribution in [0.3, 0.4) is 0 Å². The van der Waals surface area contributed by atoms with E-state index in [2.05, 4.69) is 10.3 Å². The Morgan fingerprint density at radius 3 is 2.65 bits per heavy atom. The zero-order chi connectivity index (χ0) is 22.0. The lowest BCUT2D eigenvalue weighted by atomic mass is 10.1. The van der Waals surface area contributed by atoms with Gasteiger partial charge in [0.2, 0.25) is 11.8 Å². The molecule has 2 aromatic carbocycles. The van der Waals surface area contributed by atoms with Crippen LogP contribution < -0.4 is 25.2 Å². The second-order valence-corrected chi connectivity index (χ2v) is 7.12. The van der Waals surface area contributed by atoms with Crippen molar-refractivity contribution >= 4 is 34.1 Å². The molecule has 1 aromatic heterocycles. The van der Waals surface area contributed by atoms with E-state index in [4.69, 9.17) is 9.47 Å². The molecule has 9 nitrogen and oxygen atoms in total. The standard InChI is InChI=1S/C22H22N4O5/c1-30-18-10-14-16(11-19(18)31-2)23-13-25(22(14)29)9-5-8-21(28)26-12-20(27)24-15-6-3-4-7-17(15)26/h3-4,6-7,10-11,13H,5,8-9,12H2,1-2H3,(H,24,27). The van der Waals surface area contributed by atoms with Crippen molar-refractivity contribution in [3.63, 3.8) is 0 Å². The van der Waals surface area contributed by atoms with E-state index in [9.17, 15) is 14.4 Å². The number of benzene rings is 2. The minimum absolute atomic E-state index is 0.0189. The third-order valence-electron chi connectivity index (χ3n) is 5.19. The fourth-order valence-electron chi connectivity index (χ4n) is 3.64. The van der Waals surface area contributed by atoms with E-state index < -0.39 is 0 Å². The first-order valence-corrected chi connectivity index (χ1v) is 9.82. The van der Waals surface area contributed by atoms with Crippen LogP contribution in [0.25, 0.3) is 10.9 Å². The molecule has 2 amide bonds. The number of carbonyl (C=O) groups excluding carboxylic acids is 2. The van der Waals surface area contributed by atoms with Crippen molar-refractivity contribution in [2.24, 2.45) is 0 Å². The summed E-state index contributed by atoms with van der Waals surface area (Å²) in [7, 11) is 3.02. The summed E-state index contributed by atoms with van der Waals surface area (Å²) in [6.07, 6.45) is 2.09. The number of methoxy groups -OCH3 is 2. The van der Waals surface area contributed by atoms with Crippen LogP contribution in [0, 0.1) is 0 Å². The predicted octanol–water partition coefficient (Wildman–Crippen LogP) is 2.18. The van der Waals surface area contributed by atoms with Gasteiger partial charge in [0, 0.05) is 19.0 Å². The molecule has 0 unspecified atom stereocenters. The van der Waals surface area contributed by atoms with Crippen molar-refractivity contribution in [2.75, 3.05) is 31.0 Å². The Bertz CT molecular complexity index is 1220. The molecule has 0 bridgehead atoms. The van der Waals surface area contributed by atoms with Crippen LogP contribution in [0.2, 0.25) is 0 Å². The second kappa shape index (κ2) is 8.47. The number of ether oxygens (including phenoxy) is 2. The highest BCUT2D eigenvalue weighted by Crippen LogP contribution is 2.30. The fourth-order valence-corrected chi connectivity index (χ4v) is 3.64. The molecule has 1 N–H and O–H groups in total. The molecule has 0 fully saturated rings. The summed E-state index contributed by atoms with van der Waals surface area (Å²) in [5.74, 6) is 0.543. The highest BCUT2D eigenvalue weighted by Gasteiger charge is 2.26. The number of nitrogens with zero attached hydrogens (tertiary/aromatic N) is 3. The molecule has 31 heavy (non-hydrogen) atoms. The molecule has 4 rings (SSSR count). The number of carbonyl (C=O) groups is 2. The number of hydrogen-bond donors (Lipinski definition) is 1. The Morgan fingerprint density at radius 2 is 1.87 bits per heavy atom. The third kappa shape index (κ3) is 3.94. The van der Waals surface area contributed by atoms with Crippen molar-refractivity contribution < 1.29 is 19.1 Å². The van der Waals surface area contributed by atoms with Crippen LogP contribution >= 0.6 is 0 Å². The number of aryl methyl sites for hydroxylation is 1. The molecular weight excluding hydrogens is 400 g/mol. The summed E-state index contributed by atoms with van der Waals surface area (Å²) in [5.41, 5.74) is 1.58.